The molecule has 3 heteroatoms. The highest BCUT2D eigenvalue weighted by molar-refractivity contribution is 5.88. The summed E-state index contributed by atoms with van der Waals surface area (Å²) in [5.74, 6) is 1.97. The van der Waals surface area contributed by atoms with E-state index in [-0.39, 0.29) is 0 Å². The fourth-order valence-electron chi connectivity index (χ4n) is 6.35. The number of nitrogens with zero attached hydrogens (tertiary/aromatic N) is 1. The molecule has 4 aromatic rings. The van der Waals surface area contributed by atoms with Crippen LogP contribution in [0.15, 0.2) is 84.9 Å². The minimum atomic E-state index is 0.591. The summed E-state index contributed by atoms with van der Waals surface area (Å²) in [6.45, 7) is 3.23. The lowest BCUT2D eigenvalue weighted by Gasteiger charge is -2.32. The summed E-state index contributed by atoms with van der Waals surface area (Å²) in [6, 6.07) is 30.3. The van der Waals surface area contributed by atoms with Gasteiger partial charge in [-0.1, -0.05) is 137 Å². The smallest absolute Gasteiger partial charge is 0.127 e. The summed E-state index contributed by atoms with van der Waals surface area (Å²) in [4.78, 5) is 2.68. The van der Waals surface area contributed by atoms with Crippen molar-refractivity contribution in [1.82, 2.24) is 4.90 Å². The molecule has 0 aliphatic heterocycles. The van der Waals surface area contributed by atoms with Gasteiger partial charge in [0.05, 0.1) is 0 Å². The van der Waals surface area contributed by atoms with Crippen molar-refractivity contribution in [3.63, 3.8) is 0 Å². The summed E-state index contributed by atoms with van der Waals surface area (Å²) >= 11 is 0. The number of benzene rings is 4. The lowest BCUT2D eigenvalue weighted by atomic mass is 10.00. The first kappa shape index (κ1) is 28.5. The molecule has 0 aromatic heterocycles. The number of fused-ring (bicyclic) bond motifs is 2. The maximum atomic E-state index is 6.43. The molecule has 0 amide bonds. The van der Waals surface area contributed by atoms with E-state index < -0.39 is 0 Å². The predicted octanol–water partition coefficient (Wildman–Crippen LogP) is 9.82. The molecule has 0 radical (unpaired) electrons. The zero-order chi connectivity index (χ0) is 27.2. The van der Waals surface area contributed by atoms with Crippen molar-refractivity contribution < 1.29 is 9.47 Å². The van der Waals surface area contributed by atoms with Crippen LogP contribution in [0.1, 0.15) is 77.0 Å². The second kappa shape index (κ2) is 15.7. The Balaban J connectivity index is 1.26. The van der Waals surface area contributed by atoms with Gasteiger partial charge < -0.3 is 9.47 Å². The van der Waals surface area contributed by atoms with Crippen LogP contribution < -0.4 is 9.47 Å². The molecule has 0 saturated heterocycles. The third-order valence-corrected chi connectivity index (χ3v) is 8.61. The first-order valence-electron chi connectivity index (χ1n) is 15.8. The zero-order valence-corrected chi connectivity index (χ0v) is 24.2. The van der Waals surface area contributed by atoms with E-state index in [2.05, 4.69) is 89.8 Å². The molecular formula is C37H47NO2. The largest absolute Gasteiger partial charge is 0.492 e. The first-order valence-corrected chi connectivity index (χ1v) is 15.8. The van der Waals surface area contributed by atoms with E-state index in [4.69, 9.17) is 9.47 Å². The Bertz CT molecular complexity index is 1190. The van der Waals surface area contributed by atoms with Gasteiger partial charge >= 0.3 is 0 Å². The minimum Gasteiger partial charge on any atom is -0.492 e. The van der Waals surface area contributed by atoms with E-state index >= 15 is 0 Å². The van der Waals surface area contributed by atoms with Gasteiger partial charge in [-0.15, -0.1) is 0 Å². The molecule has 0 heterocycles. The molecule has 4 aromatic carbocycles. The van der Waals surface area contributed by atoms with Gasteiger partial charge in [0.1, 0.15) is 24.7 Å². The third kappa shape index (κ3) is 8.24. The fourth-order valence-corrected chi connectivity index (χ4v) is 6.35. The van der Waals surface area contributed by atoms with Gasteiger partial charge in [0.25, 0.3) is 0 Å². The van der Waals surface area contributed by atoms with E-state index in [1.807, 2.05) is 0 Å². The van der Waals surface area contributed by atoms with Crippen LogP contribution in [0.4, 0.5) is 0 Å². The Hall–Kier alpha value is -3.04. The molecule has 1 fully saturated rings. The highest BCUT2D eigenvalue weighted by Gasteiger charge is 2.19. The van der Waals surface area contributed by atoms with E-state index in [0.717, 1.165) is 24.6 Å². The molecule has 0 N–H and O–H groups in total. The summed E-state index contributed by atoms with van der Waals surface area (Å²) in [5.41, 5.74) is 0. The Kier molecular flexibility index (Phi) is 11.2. The van der Waals surface area contributed by atoms with E-state index in [9.17, 15) is 0 Å². The summed E-state index contributed by atoms with van der Waals surface area (Å²) in [6.07, 6.45) is 16.4. The lowest BCUT2D eigenvalue weighted by Crippen LogP contribution is -2.41. The first-order chi connectivity index (χ1) is 19.9. The van der Waals surface area contributed by atoms with Gasteiger partial charge in [0.2, 0.25) is 0 Å². The summed E-state index contributed by atoms with van der Waals surface area (Å²) in [7, 11) is 0. The maximum absolute atomic E-state index is 6.43. The van der Waals surface area contributed by atoms with Crippen LogP contribution in [0.2, 0.25) is 0 Å². The topological polar surface area (TPSA) is 21.7 Å². The van der Waals surface area contributed by atoms with Crippen LogP contribution in [-0.2, 0) is 0 Å². The second-order valence-corrected chi connectivity index (χ2v) is 11.5. The highest BCUT2D eigenvalue weighted by Crippen LogP contribution is 2.27. The monoisotopic (exact) mass is 537 g/mol. The van der Waals surface area contributed by atoms with Gasteiger partial charge in [-0.2, -0.15) is 0 Å². The van der Waals surface area contributed by atoms with E-state index in [1.165, 1.54) is 98.6 Å². The molecule has 1 saturated carbocycles. The summed E-state index contributed by atoms with van der Waals surface area (Å²) < 4.78 is 12.9. The fraction of sp³-hybridized carbons (Fsp3) is 0.459. The predicted molar refractivity (Wildman–Crippen MR) is 170 cm³/mol. The van der Waals surface area contributed by atoms with Crippen LogP contribution in [-0.4, -0.2) is 37.2 Å². The highest BCUT2D eigenvalue weighted by atomic mass is 16.5. The molecule has 1 aliphatic carbocycles. The Morgan fingerprint density at radius 1 is 0.475 bits per heavy atom. The molecule has 5 rings (SSSR count). The van der Waals surface area contributed by atoms with Gasteiger partial charge in [-0.3, -0.25) is 4.90 Å². The Morgan fingerprint density at radius 2 is 0.875 bits per heavy atom. The van der Waals surface area contributed by atoms with Crippen LogP contribution in [0.5, 0.6) is 11.5 Å². The van der Waals surface area contributed by atoms with Crippen LogP contribution in [0.3, 0.4) is 0 Å². The van der Waals surface area contributed by atoms with Crippen LogP contribution in [0, 0.1) is 0 Å². The van der Waals surface area contributed by atoms with Crippen molar-refractivity contribution in [1.29, 1.82) is 0 Å². The molecule has 0 unspecified atom stereocenters. The third-order valence-electron chi connectivity index (χ3n) is 8.61. The lowest BCUT2D eigenvalue weighted by molar-refractivity contribution is 0.120. The molecule has 1 aliphatic rings. The van der Waals surface area contributed by atoms with Gasteiger partial charge in [0, 0.05) is 29.9 Å². The van der Waals surface area contributed by atoms with Crippen LogP contribution >= 0.6 is 0 Å². The molecule has 40 heavy (non-hydrogen) atoms. The second-order valence-electron chi connectivity index (χ2n) is 11.5. The molecule has 0 bridgehead atoms. The van der Waals surface area contributed by atoms with E-state index in [0.29, 0.717) is 19.3 Å². The number of hydrogen-bond donors (Lipinski definition) is 0. The zero-order valence-electron chi connectivity index (χ0n) is 24.2. The van der Waals surface area contributed by atoms with Gasteiger partial charge in [-0.05, 0) is 35.7 Å². The molecule has 0 spiro atoms. The Morgan fingerprint density at radius 3 is 1.35 bits per heavy atom. The molecular weight excluding hydrogens is 490 g/mol. The SMILES string of the molecule is c1ccc2c(OCCN(CCOc3cccc4ccccc34)C3CCCCCCCCCCCC3)cccc2c1. The Labute approximate surface area is 241 Å². The number of ether oxygens (including phenoxy) is 2. The van der Waals surface area contributed by atoms with Crippen molar-refractivity contribution in [2.45, 2.75) is 83.1 Å². The quantitative estimate of drug-likeness (QED) is 0.212. The van der Waals surface area contributed by atoms with Crippen molar-refractivity contribution in [2.75, 3.05) is 26.3 Å². The van der Waals surface area contributed by atoms with Crippen molar-refractivity contribution in [2.24, 2.45) is 0 Å². The van der Waals surface area contributed by atoms with Gasteiger partial charge in [0.15, 0.2) is 0 Å². The summed E-state index contributed by atoms with van der Waals surface area (Å²) in [5, 5.41) is 4.85. The van der Waals surface area contributed by atoms with Crippen molar-refractivity contribution >= 4 is 21.5 Å². The van der Waals surface area contributed by atoms with Crippen LogP contribution in [0.25, 0.3) is 21.5 Å². The molecule has 0 atom stereocenters. The maximum Gasteiger partial charge on any atom is 0.127 e. The van der Waals surface area contributed by atoms with E-state index in [1.54, 1.807) is 0 Å². The molecule has 212 valence electrons. The standard InChI is InChI=1S/C37H47NO2/c1-2-4-6-8-10-22-33(21-9-7-5-3-1)38(27-29-39-36-25-15-19-31-17-11-13-23-34(31)36)28-30-40-37-26-16-20-32-18-12-14-24-35(32)37/h11-20,23-26,33H,1-10,21-22,27-30H2. The number of hydrogen-bond acceptors (Lipinski definition) is 3. The van der Waals surface area contributed by atoms with Crippen molar-refractivity contribution in [3.05, 3.63) is 84.9 Å². The van der Waals surface area contributed by atoms with Crippen molar-refractivity contribution in [3.8, 4) is 11.5 Å². The number of rotatable bonds is 9. The normalized spacial score (nSPS) is 16.3. The minimum absolute atomic E-state index is 0.591. The average Bonchev–Trinajstić information content (AvgIpc) is 3.02. The average molecular weight is 538 g/mol. The van der Waals surface area contributed by atoms with Gasteiger partial charge in [-0.25, -0.2) is 0 Å². The molecule has 3 nitrogen and oxygen atoms in total.